The van der Waals surface area contributed by atoms with Crippen LogP contribution in [0, 0.1) is 19.7 Å². The highest BCUT2D eigenvalue weighted by atomic mass is 32.1. The molecule has 0 saturated heterocycles. The molecule has 0 amide bonds. The molecule has 6 heteroatoms. The molecule has 0 aliphatic rings. The summed E-state index contributed by atoms with van der Waals surface area (Å²) in [4.78, 5) is 16.6. The van der Waals surface area contributed by atoms with Crippen molar-refractivity contribution in [3.8, 4) is 0 Å². The summed E-state index contributed by atoms with van der Waals surface area (Å²) in [6.07, 6.45) is 0. The van der Waals surface area contributed by atoms with Gasteiger partial charge in [-0.3, -0.25) is 0 Å². The third kappa shape index (κ3) is 3.14. The van der Waals surface area contributed by atoms with Crippen LogP contribution in [-0.2, 0) is 4.74 Å². The molecule has 0 aliphatic carbocycles. The van der Waals surface area contributed by atoms with Gasteiger partial charge in [0.25, 0.3) is 0 Å². The highest BCUT2D eigenvalue weighted by Crippen LogP contribution is 2.27. The minimum absolute atomic E-state index is 0.270. The van der Waals surface area contributed by atoms with Gasteiger partial charge in [0, 0.05) is 4.88 Å². The van der Waals surface area contributed by atoms with Crippen LogP contribution in [0.4, 0.5) is 15.2 Å². The van der Waals surface area contributed by atoms with Gasteiger partial charge in [0.1, 0.15) is 5.82 Å². The molecule has 0 radical (unpaired) electrons. The van der Waals surface area contributed by atoms with Crippen molar-refractivity contribution in [1.82, 2.24) is 4.98 Å². The van der Waals surface area contributed by atoms with Gasteiger partial charge in [-0.05, 0) is 38.5 Å². The maximum absolute atomic E-state index is 13.7. The summed E-state index contributed by atoms with van der Waals surface area (Å²) in [5, 5.41) is 3.35. The largest absolute Gasteiger partial charge is 0.461 e. The van der Waals surface area contributed by atoms with Gasteiger partial charge in [-0.1, -0.05) is 6.07 Å². The molecule has 1 aromatic carbocycles. The van der Waals surface area contributed by atoms with Gasteiger partial charge in [-0.2, -0.15) is 0 Å². The molecule has 106 valence electrons. The lowest BCUT2D eigenvalue weighted by Crippen LogP contribution is -2.06. The van der Waals surface area contributed by atoms with Crippen LogP contribution in [0.1, 0.15) is 27.9 Å². The quantitative estimate of drug-likeness (QED) is 0.871. The van der Waals surface area contributed by atoms with Crippen molar-refractivity contribution in [3.05, 3.63) is 40.2 Å². The Morgan fingerprint density at radius 3 is 2.85 bits per heavy atom. The molecule has 1 N–H and O–H groups in total. The summed E-state index contributed by atoms with van der Waals surface area (Å²) in [5.74, 6) is -0.811. The Balaban J connectivity index is 2.22. The van der Waals surface area contributed by atoms with Crippen LogP contribution < -0.4 is 5.32 Å². The molecular weight excluding hydrogens is 279 g/mol. The smallest absolute Gasteiger partial charge is 0.358 e. The van der Waals surface area contributed by atoms with Crippen molar-refractivity contribution in [2.75, 3.05) is 11.9 Å². The van der Waals surface area contributed by atoms with Crippen molar-refractivity contribution < 1.29 is 13.9 Å². The zero-order valence-corrected chi connectivity index (χ0v) is 12.3. The number of anilines is 2. The van der Waals surface area contributed by atoms with Crippen molar-refractivity contribution in [2.24, 2.45) is 0 Å². The van der Waals surface area contributed by atoms with Gasteiger partial charge >= 0.3 is 5.97 Å². The van der Waals surface area contributed by atoms with Gasteiger partial charge in [0.2, 0.25) is 0 Å². The molecule has 0 atom stereocenters. The number of carbonyl (C=O) groups is 1. The first kappa shape index (κ1) is 14.5. The zero-order valence-electron chi connectivity index (χ0n) is 11.5. The second-order valence-corrected chi connectivity index (χ2v) is 5.46. The molecular formula is C14H15FN2O2S. The van der Waals surface area contributed by atoms with Gasteiger partial charge in [-0.25, -0.2) is 14.2 Å². The lowest BCUT2D eigenvalue weighted by Gasteiger charge is -2.04. The van der Waals surface area contributed by atoms with Gasteiger partial charge in [0.05, 0.1) is 12.3 Å². The normalized spacial score (nSPS) is 10.4. The number of ether oxygens (including phenoxy) is 1. The summed E-state index contributed by atoms with van der Waals surface area (Å²) < 4.78 is 18.7. The Labute approximate surface area is 120 Å². The monoisotopic (exact) mass is 294 g/mol. The average molecular weight is 294 g/mol. The summed E-state index contributed by atoms with van der Waals surface area (Å²) in [6.45, 7) is 5.63. The molecule has 0 fully saturated rings. The third-order valence-electron chi connectivity index (χ3n) is 2.63. The average Bonchev–Trinajstić information content (AvgIpc) is 2.74. The van der Waals surface area contributed by atoms with Crippen LogP contribution in [0.25, 0.3) is 0 Å². The van der Waals surface area contributed by atoms with E-state index in [1.807, 2.05) is 6.92 Å². The molecule has 1 heterocycles. The van der Waals surface area contributed by atoms with E-state index in [-0.39, 0.29) is 11.5 Å². The number of hydrogen-bond acceptors (Lipinski definition) is 5. The highest BCUT2D eigenvalue weighted by molar-refractivity contribution is 7.15. The second kappa shape index (κ2) is 6.00. The number of aromatic nitrogens is 1. The fraction of sp³-hybridized carbons (Fsp3) is 0.286. The first-order valence-electron chi connectivity index (χ1n) is 6.19. The van der Waals surface area contributed by atoms with Gasteiger partial charge < -0.3 is 10.1 Å². The Bertz CT molecular complexity index is 640. The molecule has 0 saturated carbocycles. The van der Waals surface area contributed by atoms with Crippen LogP contribution in [0.15, 0.2) is 18.2 Å². The van der Waals surface area contributed by atoms with Crippen LogP contribution in [0.5, 0.6) is 0 Å². The van der Waals surface area contributed by atoms with Crippen molar-refractivity contribution in [3.63, 3.8) is 0 Å². The number of nitrogens with zero attached hydrogens (tertiary/aromatic N) is 1. The summed E-state index contributed by atoms with van der Waals surface area (Å²) in [5.41, 5.74) is 1.45. The SMILES string of the molecule is CCOC(=O)c1nc(Nc2ccc(C)cc2F)sc1C. The number of aryl methyl sites for hydroxylation is 2. The number of hydrogen-bond donors (Lipinski definition) is 1. The Morgan fingerprint density at radius 2 is 2.20 bits per heavy atom. The summed E-state index contributed by atoms with van der Waals surface area (Å²) >= 11 is 1.29. The van der Waals surface area contributed by atoms with Crippen molar-refractivity contribution in [2.45, 2.75) is 20.8 Å². The number of halogens is 1. The maximum atomic E-state index is 13.7. The van der Waals surface area contributed by atoms with E-state index in [0.29, 0.717) is 17.4 Å². The number of carbonyl (C=O) groups excluding carboxylic acids is 1. The molecule has 2 aromatic rings. The van der Waals surface area contributed by atoms with Crippen LogP contribution >= 0.6 is 11.3 Å². The minimum atomic E-state index is -0.460. The lowest BCUT2D eigenvalue weighted by molar-refractivity contribution is 0.0519. The van der Waals surface area contributed by atoms with Crippen molar-refractivity contribution in [1.29, 1.82) is 0 Å². The maximum Gasteiger partial charge on any atom is 0.358 e. The van der Waals surface area contributed by atoms with E-state index in [1.165, 1.54) is 17.4 Å². The molecule has 20 heavy (non-hydrogen) atoms. The van der Waals surface area contributed by atoms with Crippen LogP contribution in [-0.4, -0.2) is 17.6 Å². The third-order valence-corrected chi connectivity index (χ3v) is 3.52. The predicted molar refractivity (Wildman–Crippen MR) is 77.2 cm³/mol. The molecule has 1 aromatic heterocycles. The summed E-state index contributed by atoms with van der Waals surface area (Å²) in [6, 6.07) is 4.89. The first-order valence-corrected chi connectivity index (χ1v) is 7.00. The molecule has 0 aliphatic heterocycles. The van der Waals surface area contributed by atoms with Crippen LogP contribution in [0.2, 0.25) is 0 Å². The Hall–Kier alpha value is -1.95. The standard InChI is InChI=1S/C14H15FN2O2S/c1-4-19-13(18)12-9(3)20-14(17-12)16-11-6-5-8(2)7-10(11)15/h5-7H,4H2,1-3H3,(H,16,17). The van der Waals surface area contributed by atoms with Gasteiger partial charge in [0.15, 0.2) is 10.8 Å². The Morgan fingerprint density at radius 1 is 1.45 bits per heavy atom. The van der Waals surface area contributed by atoms with Crippen molar-refractivity contribution >= 4 is 28.1 Å². The number of thiazole rings is 1. The molecule has 0 unspecified atom stereocenters. The predicted octanol–water partition coefficient (Wildman–Crippen LogP) is 3.82. The van der Waals surface area contributed by atoms with E-state index in [0.717, 1.165) is 10.4 Å². The highest BCUT2D eigenvalue weighted by Gasteiger charge is 2.17. The van der Waals surface area contributed by atoms with E-state index >= 15 is 0 Å². The minimum Gasteiger partial charge on any atom is -0.461 e. The van der Waals surface area contributed by atoms with E-state index in [1.54, 1.807) is 26.0 Å². The van der Waals surface area contributed by atoms with E-state index in [4.69, 9.17) is 4.74 Å². The molecule has 2 rings (SSSR count). The number of nitrogens with one attached hydrogen (secondary N) is 1. The molecule has 0 bridgehead atoms. The number of esters is 1. The second-order valence-electron chi connectivity index (χ2n) is 4.25. The first-order chi connectivity index (χ1) is 9.51. The number of rotatable bonds is 4. The van der Waals surface area contributed by atoms with Crippen LogP contribution in [0.3, 0.4) is 0 Å². The summed E-state index contributed by atoms with van der Waals surface area (Å²) in [7, 11) is 0. The van der Waals surface area contributed by atoms with E-state index < -0.39 is 5.97 Å². The molecule has 0 spiro atoms. The topological polar surface area (TPSA) is 51.2 Å². The van der Waals surface area contributed by atoms with Gasteiger partial charge in [-0.15, -0.1) is 11.3 Å². The Kier molecular flexibility index (Phi) is 4.34. The zero-order chi connectivity index (χ0) is 14.7. The fourth-order valence-electron chi connectivity index (χ4n) is 1.68. The van der Waals surface area contributed by atoms with E-state index in [9.17, 15) is 9.18 Å². The fourth-order valence-corrected chi connectivity index (χ4v) is 2.49. The number of benzene rings is 1. The molecule has 4 nitrogen and oxygen atoms in total. The van der Waals surface area contributed by atoms with E-state index in [2.05, 4.69) is 10.3 Å². The lowest BCUT2D eigenvalue weighted by atomic mass is 10.2.